The number of rotatable bonds is 2. The topological polar surface area (TPSA) is 50.8 Å². The summed E-state index contributed by atoms with van der Waals surface area (Å²) in [4.78, 5) is 14.9. The van der Waals surface area contributed by atoms with E-state index in [9.17, 15) is 4.79 Å². The molecule has 5 nitrogen and oxygen atoms in total. The Morgan fingerprint density at radius 2 is 1.90 bits per heavy atom. The predicted molar refractivity (Wildman–Crippen MR) is 77.8 cm³/mol. The molecule has 0 aromatic rings. The quantitative estimate of drug-likeness (QED) is 0.803. The van der Waals surface area contributed by atoms with Crippen LogP contribution < -0.4 is 5.32 Å². The zero-order valence-electron chi connectivity index (χ0n) is 12.1. The van der Waals surface area contributed by atoms with Crippen molar-refractivity contribution in [2.45, 2.75) is 37.2 Å². The minimum Gasteiger partial charge on any atom is -0.368 e. The van der Waals surface area contributed by atoms with Crippen LogP contribution in [0.3, 0.4) is 0 Å². The number of nitrogens with one attached hydrogen (secondary N) is 1. The Balaban J connectivity index is 1.35. The van der Waals surface area contributed by atoms with Gasteiger partial charge in [-0.1, -0.05) is 24.3 Å². The summed E-state index contributed by atoms with van der Waals surface area (Å²) < 4.78 is 11.6. The molecule has 4 heterocycles. The van der Waals surface area contributed by atoms with E-state index in [0.717, 1.165) is 6.54 Å². The Bertz CT molecular complexity index is 468. The van der Waals surface area contributed by atoms with E-state index >= 15 is 0 Å². The molecule has 4 saturated heterocycles. The molecule has 4 unspecified atom stereocenters. The number of hydrogen-bond donors (Lipinski definition) is 1. The maximum atomic E-state index is 12.4. The van der Waals surface area contributed by atoms with E-state index in [1.165, 1.54) is 25.9 Å². The van der Waals surface area contributed by atoms with Gasteiger partial charge in [0.2, 0.25) is 0 Å². The first kappa shape index (κ1) is 13.5. The van der Waals surface area contributed by atoms with Gasteiger partial charge < -0.3 is 19.7 Å². The van der Waals surface area contributed by atoms with E-state index in [0.29, 0.717) is 12.5 Å². The number of ether oxygens (including phenoxy) is 2. The Hall–Kier alpha value is -1.17. The lowest BCUT2D eigenvalue weighted by atomic mass is 9.84. The average Bonchev–Trinajstić information content (AvgIpc) is 2.55. The minimum atomic E-state index is -0.488. The third-order valence-electron chi connectivity index (χ3n) is 5.07. The van der Waals surface area contributed by atoms with E-state index in [2.05, 4.69) is 10.2 Å². The second-order valence-corrected chi connectivity index (χ2v) is 6.41. The normalized spacial score (nSPS) is 44.4. The first-order valence-electron chi connectivity index (χ1n) is 7.94. The summed E-state index contributed by atoms with van der Waals surface area (Å²) in [6.07, 6.45) is 9.57. The molecule has 0 spiro atoms. The van der Waals surface area contributed by atoms with Crippen LogP contribution in [-0.4, -0.2) is 61.4 Å². The van der Waals surface area contributed by atoms with Crippen LogP contribution in [0.15, 0.2) is 24.3 Å². The summed E-state index contributed by atoms with van der Waals surface area (Å²) in [5.74, 6) is 0.615. The van der Waals surface area contributed by atoms with Crippen molar-refractivity contribution in [3.63, 3.8) is 0 Å². The van der Waals surface area contributed by atoms with E-state index in [4.69, 9.17) is 9.47 Å². The molecule has 5 heteroatoms. The fourth-order valence-corrected chi connectivity index (χ4v) is 3.81. The van der Waals surface area contributed by atoms with Gasteiger partial charge in [-0.3, -0.25) is 4.79 Å². The highest BCUT2D eigenvalue weighted by molar-refractivity contribution is 5.81. The summed E-state index contributed by atoms with van der Waals surface area (Å²) in [7, 11) is 0. The highest BCUT2D eigenvalue weighted by Gasteiger charge is 2.38. The van der Waals surface area contributed by atoms with Crippen molar-refractivity contribution in [1.82, 2.24) is 10.2 Å². The second-order valence-electron chi connectivity index (χ2n) is 6.41. The third-order valence-corrected chi connectivity index (χ3v) is 5.07. The van der Waals surface area contributed by atoms with Gasteiger partial charge in [-0.05, 0) is 31.8 Å². The molecule has 4 atom stereocenters. The van der Waals surface area contributed by atoms with E-state index in [1.807, 2.05) is 24.3 Å². The number of nitrogens with zero attached hydrogens (tertiary/aromatic N) is 1. The van der Waals surface area contributed by atoms with Crippen molar-refractivity contribution in [2.75, 3.05) is 26.2 Å². The smallest absolute Gasteiger partial charge is 0.251 e. The van der Waals surface area contributed by atoms with Gasteiger partial charge in [0.1, 0.15) is 12.2 Å². The number of allylic oxidation sites excluding steroid dienone is 2. The molecule has 4 fully saturated rings. The number of carbonyl (C=O) groups is 1. The van der Waals surface area contributed by atoms with Crippen LogP contribution in [0.25, 0.3) is 0 Å². The highest BCUT2D eigenvalue weighted by atomic mass is 16.6. The van der Waals surface area contributed by atoms with E-state index < -0.39 is 6.10 Å². The number of amides is 1. The van der Waals surface area contributed by atoms with Crippen LogP contribution in [0.2, 0.25) is 0 Å². The lowest BCUT2D eigenvalue weighted by Crippen LogP contribution is -2.60. The number of hydrogen-bond acceptors (Lipinski definition) is 4. The second kappa shape index (κ2) is 5.55. The molecule has 5 aliphatic rings. The number of fused-ring (bicyclic) bond motifs is 4. The molecule has 0 radical (unpaired) electrons. The molecular formula is C16H22N2O3. The van der Waals surface area contributed by atoms with Crippen LogP contribution >= 0.6 is 0 Å². The molecule has 1 amide bonds. The standard InChI is InChI=1S/C16H22N2O3/c19-16(17-12-9-18-7-5-11(12)6-8-18)15-10-20-13-3-1-2-4-14(13)21-15/h1-4,11-15H,5-10H2,(H,17,19). The summed E-state index contributed by atoms with van der Waals surface area (Å²) >= 11 is 0. The predicted octanol–water partition coefficient (Wildman–Crippen LogP) is 0.475. The van der Waals surface area contributed by atoms with Crippen molar-refractivity contribution < 1.29 is 14.3 Å². The van der Waals surface area contributed by atoms with Crippen molar-refractivity contribution in [1.29, 1.82) is 0 Å². The maximum absolute atomic E-state index is 12.4. The van der Waals surface area contributed by atoms with Gasteiger partial charge in [0, 0.05) is 12.6 Å². The van der Waals surface area contributed by atoms with E-state index in [1.54, 1.807) is 0 Å². The van der Waals surface area contributed by atoms with E-state index in [-0.39, 0.29) is 24.2 Å². The van der Waals surface area contributed by atoms with Crippen LogP contribution in [-0.2, 0) is 14.3 Å². The fraction of sp³-hybridized carbons (Fsp3) is 0.688. The van der Waals surface area contributed by atoms with Gasteiger partial charge >= 0.3 is 0 Å². The summed E-state index contributed by atoms with van der Waals surface area (Å²) in [5.41, 5.74) is 0. The monoisotopic (exact) mass is 290 g/mol. The Morgan fingerprint density at radius 1 is 1.14 bits per heavy atom. The van der Waals surface area contributed by atoms with Crippen molar-refractivity contribution in [3.8, 4) is 0 Å². The van der Waals surface area contributed by atoms with Gasteiger partial charge in [-0.15, -0.1) is 0 Å². The fourth-order valence-electron chi connectivity index (χ4n) is 3.81. The molecule has 0 aromatic carbocycles. The molecule has 4 aliphatic heterocycles. The Labute approximate surface area is 125 Å². The van der Waals surface area contributed by atoms with Crippen molar-refractivity contribution in [3.05, 3.63) is 24.3 Å². The first-order chi connectivity index (χ1) is 10.3. The van der Waals surface area contributed by atoms with Crippen LogP contribution in [0, 0.1) is 5.92 Å². The number of piperidine rings is 3. The lowest BCUT2D eigenvalue weighted by Gasteiger charge is -2.45. The van der Waals surface area contributed by atoms with Gasteiger partial charge in [0.05, 0.1) is 6.61 Å². The van der Waals surface area contributed by atoms with Crippen LogP contribution in [0.5, 0.6) is 0 Å². The van der Waals surface area contributed by atoms with Gasteiger partial charge in [-0.2, -0.15) is 0 Å². The first-order valence-corrected chi connectivity index (χ1v) is 7.94. The highest BCUT2D eigenvalue weighted by Crippen LogP contribution is 2.28. The van der Waals surface area contributed by atoms with Crippen LogP contribution in [0.1, 0.15) is 12.8 Å². The molecule has 2 bridgehead atoms. The Kier molecular flexibility index (Phi) is 3.57. The average molecular weight is 290 g/mol. The van der Waals surface area contributed by atoms with Gasteiger partial charge in [0.25, 0.3) is 5.91 Å². The molecule has 1 N–H and O–H groups in total. The van der Waals surface area contributed by atoms with Crippen LogP contribution in [0.4, 0.5) is 0 Å². The third kappa shape index (κ3) is 2.65. The largest absolute Gasteiger partial charge is 0.368 e. The summed E-state index contributed by atoms with van der Waals surface area (Å²) in [6.45, 7) is 3.69. The summed E-state index contributed by atoms with van der Waals surface area (Å²) in [5, 5.41) is 3.19. The molecule has 0 saturated carbocycles. The zero-order valence-corrected chi connectivity index (χ0v) is 12.1. The lowest BCUT2D eigenvalue weighted by molar-refractivity contribution is -0.169. The SMILES string of the molecule is O=C(NC1CN2CCC1CC2)C1COC2C=CC=CC2O1. The molecule has 1 aliphatic carbocycles. The minimum absolute atomic E-state index is 0.0184. The molecule has 0 aromatic heterocycles. The van der Waals surface area contributed by atoms with Crippen molar-refractivity contribution in [2.24, 2.45) is 5.92 Å². The molecule has 5 rings (SSSR count). The molecule has 21 heavy (non-hydrogen) atoms. The molecule has 114 valence electrons. The van der Waals surface area contributed by atoms with Gasteiger partial charge in [0.15, 0.2) is 6.10 Å². The van der Waals surface area contributed by atoms with Gasteiger partial charge in [-0.25, -0.2) is 0 Å². The zero-order chi connectivity index (χ0) is 14.2. The van der Waals surface area contributed by atoms with Crippen molar-refractivity contribution >= 4 is 5.91 Å². The number of carbonyl (C=O) groups excluding carboxylic acids is 1. The Morgan fingerprint density at radius 3 is 2.62 bits per heavy atom. The molecular weight excluding hydrogens is 268 g/mol. The maximum Gasteiger partial charge on any atom is 0.251 e. The summed E-state index contributed by atoms with van der Waals surface area (Å²) in [6, 6.07) is 0.281.